The number of oxazole rings is 1. The normalized spacial score (nSPS) is 18.5. The van der Waals surface area contributed by atoms with E-state index in [2.05, 4.69) is 9.88 Å². The highest BCUT2D eigenvalue weighted by atomic mass is 16.4. The van der Waals surface area contributed by atoms with Crippen LogP contribution in [0.1, 0.15) is 47.1 Å². The van der Waals surface area contributed by atoms with Gasteiger partial charge in [0.15, 0.2) is 5.58 Å². The third-order valence-electron chi connectivity index (χ3n) is 4.80. The second-order valence-electron chi connectivity index (χ2n) is 6.50. The van der Waals surface area contributed by atoms with Gasteiger partial charge in [0.1, 0.15) is 5.52 Å². The number of hydrogen-bond acceptors (Lipinski definition) is 4. The zero-order valence-corrected chi connectivity index (χ0v) is 13.9. The van der Waals surface area contributed by atoms with Gasteiger partial charge in [0.05, 0.1) is 11.6 Å². The number of para-hydroxylation sites is 2. The Labute approximate surface area is 145 Å². The summed E-state index contributed by atoms with van der Waals surface area (Å²) in [4.78, 5) is 18.1. The Balaban J connectivity index is 1.57. The van der Waals surface area contributed by atoms with Crippen LogP contribution in [0.2, 0.25) is 0 Å². The molecule has 3 aromatic rings. The van der Waals surface area contributed by atoms with Crippen LogP contribution in [-0.4, -0.2) is 27.5 Å². The predicted octanol–water partition coefficient (Wildman–Crippen LogP) is 4.25. The number of carboxylic acids is 1. The van der Waals surface area contributed by atoms with E-state index in [1.54, 1.807) is 12.1 Å². The fraction of sp³-hybridized carbons (Fsp3) is 0.300. The molecule has 0 radical (unpaired) electrons. The van der Waals surface area contributed by atoms with Crippen molar-refractivity contribution < 1.29 is 14.3 Å². The first-order chi connectivity index (χ1) is 12.2. The molecule has 2 heterocycles. The van der Waals surface area contributed by atoms with Crippen LogP contribution in [0.15, 0.2) is 52.9 Å². The molecule has 0 amide bonds. The number of benzene rings is 2. The van der Waals surface area contributed by atoms with Crippen LogP contribution in [0.4, 0.5) is 0 Å². The van der Waals surface area contributed by atoms with Crippen molar-refractivity contribution in [2.45, 2.75) is 31.8 Å². The number of piperidine rings is 1. The van der Waals surface area contributed by atoms with E-state index in [0.717, 1.165) is 54.9 Å². The Morgan fingerprint density at radius 3 is 2.72 bits per heavy atom. The molecule has 0 saturated carbocycles. The van der Waals surface area contributed by atoms with Gasteiger partial charge in [-0.15, -0.1) is 0 Å². The molecule has 1 atom stereocenters. The molecule has 1 aliphatic rings. The average Bonchev–Trinajstić information content (AvgIpc) is 3.06. The largest absolute Gasteiger partial charge is 0.478 e. The van der Waals surface area contributed by atoms with Crippen LogP contribution >= 0.6 is 0 Å². The summed E-state index contributed by atoms with van der Waals surface area (Å²) in [6.07, 6.45) is 3.35. The van der Waals surface area contributed by atoms with E-state index in [-0.39, 0.29) is 6.04 Å². The quantitative estimate of drug-likeness (QED) is 0.771. The first-order valence-corrected chi connectivity index (χ1v) is 8.62. The maximum atomic E-state index is 11.0. The summed E-state index contributed by atoms with van der Waals surface area (Å²) in [5.74, 6) is -0.114. The predicted molar refractivity (Wildman–Crippen MR) is 94.4 cm³/mol. The molecule has 1 aromatic heterocycles. The smallest absolute Gasteiger partial charge is 0.335 e. The highest BCUT2D eigenvalue weighted by Crippen LogP contribution is 2.33. The summed E-state index contributed by atoms with van der Waals surface area (Å²) in [5.41, 5.74) is 3.15. The summed E-state index contributed by atoms with van der Waals surface area (Å²) >= 11 is 0. The van der Waals surface area contributed by atoms with Crippen LogP contribution in [0, 0.1) is 0 Å². The second kappa shape index (κ2) is 6.69. The van der Waals surface area contributed by atoms with Crippen molar-refractivity contribution in [3.05, 3.63) is 65.5 Å². The van der Waals surface area contributed by atoms with Gasteiger partial charge < -0.3 is 9.52 Å². The molecule has 0 spiro atoms. The maximum absolute atomic E-state index is 11.0. The Hall–Kier alpha value is -2.66. The van der Waals surface area contributed by atoms with Gasteiger partial charge in [0.2, 0.25) is 5.89 Å². The van der Waals surface area contributed by atoms with Gasteiger partial charge in [-0.3, -0.25) is 4.90 Å². The molecule has 0 bridgehead atoms. The third kappa shape index (κ3) is 3.28. The van der Waals surface area contributed by atoms with Gasteiger partial charge >= 0.3 is 5.97 Å². The van der Waals surface area contributed by atoms with E-state index < -0.39 is 5.97 Å². The SMILES string of the molecule is O=C(O)c1ccc(CN2CCCCC2c2nc3ccccc3o2)cc1. The zero-order valence-electron chi connectivity index (χ0n) is 13.9. The van der Waals surface area contributed by atoms with Crippen LogP contribution < -0.4 is 0 Å². The zero-order chi connectivity index (χ0) is 17.2. The van der Waals surface area contributed by atoms with Gasteiger partial charge in [0, 0.05) is 6.54 Å². The molecule has 4 rings (SSSR count). The lowest BCUT2D eigenvalue weighted by Crippen LogP contribution is -2.33. The first-order valence-electron chi connectivity index (χ1n) is 8.62. The lowest BCUT2D eigenvalue weighted by molar-refractivity contribution is 0.0697. The maximum Gasteiger partial charge on any atom is 0.335 e. The summed E-state index contributed by atoms with van der Waals surface area (Å²) in [6.45, 7) is 1.76. The highest BCUT2D eigenvalue weighted by Gasteiger charge is 2.28. The Bertz CT molecular complexity index is 852. The molecule has 1 unspecified atom stereocenters. The van der Waals surface area contributed by atoms with Crippen molar-refractivity contribution in [2.75, 3.05) is 6.54 Å². The van der Waals surface area contributed by atoms with E-state index in [1.165, 1.54) is 0 Å². The standard InChI is InChI=1S/C20H20N2O3/c23-20(24)15-10-8-14(9-11-15)13-22-12-4-3-6-17(22)19-21-16-5-1-2-7-18(16)25-19/h1-2,5,7-11,17H,3-4,6,12-13H2,(H,23,24). The molecular weight excluding hydrogens is 316 g/mol. The molecule has 1 aliphatic heterocycles. The Morgan fingerprint density at radius 1 is 1.16 bits per heavy atom. The lowest BCUT2D eigenvalue weighted by Gasteiger charge is -2.33. The van der Waals surface area contributed by atoms with Crippen LogP contribution in [0.5, 0.6) is 0 Å². The number of nitrogens with zero attached hydrogens (tertiary/aromatic N) is 2. The third-order valence-corrected chi connectivity index (χ3v) is 4.80. The summed E-state index contributed by atoms with van der Waals surface area (Å²) in [5, 5.41) is 9.03. The van der Waals surface area contributed by atoms with E-state index in [0.29, 0.717) is 5.56 Å². The molecule has 128 valence electrons. The molecule has 1 N–H and O–H groups in total. The lowest BCUT2D eigenvalue weighted by atomic mass is 10.0. The minimum Gasteiger partial charge on any atom is -0.478 e. The number of aromatic carboxylic acids is 1. The van der Waals surface area contributed by atoms with Crippen LogP contribution in [-0.2, 0) is 6.54 Å². The number of carboxylic acid groups (broad SMARTS) is 1. The van der Waals surface area contributed by atoms with E-state index in [1.807, 2.05) is 36.4 Å². The minimum absolute atomic E-state index is 0.167. The molecule has 1 fully saturated rings. The van der Waals surface area contributed by atoms with Gasteiger partial charge in [-0.25, -0.2) is 9.78 Å². The van der Waals surface area contributed by atoms with Crippen molar-refractivity contribution in [2.24, 2.45) is 0 Å². The van der Waals surface area contributed by atoms with Crippen molar-refractivity contribution >= 4 is 17.1 Å². The number of likely N-dealkylation sites (tertiary alicyclic amines) is 1. The van der Waals surface area contributed by atoms with Crippen LogP contribution in [0.25, 0.3) is 11.1 Å². The van der Waals surface area contributed by atoms with Crippen molar-refractivity contribution in [1.82, 2.24) is 9.88 Å². The summed E-state index contributed by atoms with van der Waals surface area (Å²) in [6, 6.07) is 15.1. The van der Waals surface area contributed by atoms with Crippen LogP contribution in [0.3, 0.4) is 0 Å². The fourth-order valence-electron chi connectivity index (χ4n) is 3.48. The molecule has 25 heavy (non-hydrogen) atoms. The Kier molecular flexibility index (Phi) is 4.24. The van der Waals surface area contributed by atoms with Crippen molar-refractivity contribution in [3.8, 4) is 0 Å². The monoisotopic (exact) mass is 336 g/mol. The van der Waals surface area contributed by atoms with Gasteiger partial charge in [0.25, 0.3) is 0 Å². The number of rotatable bonds is 4. The van der Waals surface area contributed by atoms with Crippen molar-refractivity contribution in [3.63, 3.8) is 0 Å². The molecule has 2 aromatic carbocycles. The Morgan fingerprint density at radius 2 is 1.96 bits per heavy atom. The molecule has 5 nitrogen and oxygen atoms in total. The second-order valence-corrected chi connectivity index (χ2v) is 6.50. The summed E-state index contributed by atoms with van der Waals surface area (Å²) in [7, 11) is 0. The topological polar surface area (TPSA) is 66.6 Å². The molecule has 5 heteroatoms. The number of hydrogen-bond donors (Lipinski definition) is 1. The van der Waals surface area contributed by atoms with Crippen molar-refractivity contribution in [1.29, 1.82) is 0 Å². The first kappa shape index (κ1) is 15.8. The van der Waals surface area contributed by atoms with Gasteiger partial charge in [-0.2, -0.15) is 0 Å². The summed E-state index contributed by atoms with van der Waals surface area (Å²) < 4.78 is 6.00. The molecular formula is C20H20N2O3. The number of fused-ring (bicyclic) bond motifs is 1. The molecule has 0 aliphatic carbocycles. The molecule has 1 saturated heterocycles. The fourth-order valence-corrected chi connectivity index (χ4v) is 3.48. The van der Waals surface area contributed by atoms with Gasteiger partial charge in [-0.05, 0) is 49.2 Å². The van der Waals surface area contributed by atoms with Gasteiger partial charge in [-0.1, -0.05) is 30.7 Å². The number of aromatic nitrogens is 1. The van der Waals surface area contributed by atoms with E-state index in [4.69, 9.17) is 9.52 Å². The minimum atomic E-state index is -0.895. The number of carbonyl (C=O) groups is 1. The van der Waals surface area contributed by atoms with E-state index >= 15 is 0 Å². The highest BCUT2D eigenvalue weighted by molar-refractivity contribution is 5.87. The van der Waals surface area contributed by atoms with E-state index in [9.17, 15) is 4.79 Å². The average molecular weight is 336 g/mol.